The molecule has 0 saturated heterocycles. The standard InChI is InChI=1S/C21H17ClN2OS2/c1-13-10-14(2)19-17(11-13)27-21(23-19)24(12-15-6-4-3-5-7-15)20(25)16-8-9-18(22)26-16/h3-11H,12H2,1-2H3. The van der Waals surface area contributed by atoms with Crippen molar-refractivity contribution in [3.63, 3.8) is 0 Å². The summed E-state index contributed by atoms with van der Waals surface area (Å²) in [5, 5.41) is 0.706. The highest BCUT2D eigenvalue weighted by molar-refractivity contribution is 7.22. The van der Waals surface area contributed by atoms with Gasteiger partial charge in [-0.05, 0) is 48.7 Å². The fourth-order valence-corrected chi connectivity index (χ4v) is 5.16. The van der Waals surface area contributed by atoms with E-state index in [2.05, 4.69) is 26.0 Å². The summed E-state index contributed by atoms with van der Waals surface area (Å²) in [4.78, 5) is 20.4. The molecular formula is C21H17ClN2OS2. The first-order valence-corrected chi connectivity index (χ1v) is 10.5. The highest BCUT2D eigenvalue weighted by atomic mass is 35.5. The summed E-state index contributed by atoms with van der Waals surface area (Å²) in [6.45, 7) is 4.60. The topological polar surface area (TPSA) is 33.2 Å². The van der Waals surface area contributed by atoms with Crippen LogP contribution in [0.25, 0.3) is 10.2 Å². The molecule has 3 nitrogen and oxygen atoms in total. The minimum Gasteiger partial charge on any atom is -0.279 e. The second kappa shape index (κ2) is 7.43. The average molecular weight is 413 g/mol. The molecule has 2 aromatic carbocycles. The minimum absolute atomic E-state index is 0.0795. The Kier molecular flexibility index (Phi) is 5.00. The lowest BCUT2D eigenvalue weighted by Gasteiger charge is -2.19. The van der Waals surface area contributed by atoms with Gasteiger partial charge >= 0.3 is 0 Å². The quantitative estimate of drug-likeness (QED) is 0.384. The second-order valence-corrected chi connectivity index (χ2v) is 9.13. The summed E-state index contributed by atoms with van der Waals surface area (Å²) in [6.07, 6.45) is 0. The minimum atomic E-state index is -0.0795. The molecule has 0 N–H and O–H groups in total. The van der Waals surface area contributed by atoms with Crippen LogP contribution in [0, 0.1) is 13.8 Å². The molecule has 136 valence electrons. The fourth-order valence-electron chi connectivity index (χ4n) is 3.03. The highest BCUT2D eigenvalue weighted by Crippen LogP contribution is 2.34. The SMILES string of the molecule is Cc1cc(C)c2nc(N(Cc3ccccc3)C(=O)c3ccc(Cl)s3)sc2c1. The lowest BCUT2D eigenvalue weighted by atomic mass is 10.1. The maximum Gasteiger partial charge on any atom is 0.270 e. The number of aromatic nitrogens is 1. The normalized spacial score (nSPS) is 11.1. The number of thiazole rings is 1. The molecule has 0 aliphatic carbocycles. The Balaban J connectivity index is 1.79. The van der Waals surface area contributed by atoms with Crippen molar-refractivity contribution < 1.29 is 4.79 Å². The van der Waals surface area contributed by atoms with E-state index in [-0.39, 0.29) is 5.91 Å². The summed E-state index contributed by atoms with van der Waals surface area (Å²) in [7, 11) is 0. The van der Waals surface area contributed by atoms with Gasteiger partial charge in [0.25, 0.3) is 5.91 Å². The van der Waals surface area contributed by atoms with Crippen molar-refractivity contribution in [1.82, 2.24) is 4.98 Å². The van der Waals surface area contributed by atoms with E-state index in [1.807, 2.05) is 30.3 Å². The monoisotopic (exact) mass is 412 g/mol. The van der Waals surface area contributed by atoms with Gasteiger partial charge in [-0.25, -0.2) is 4.98 Å². The van der Waals surface area contributed by atoms with Crippen LogP contribution in [-0.2, 0) is 6.54 Å². The molecule has 0 aliphatic rings. The van der Waals surface area contributed by atoms with Crippen LogP contribution in [0.4, 0.5) is 5.13 Å². The first kappa shape index (κ1) is 18.2. The van der Waals surface area contributed by atoms with E-state index >= 15 is 0 Å². The van der Waals surface area contributed by atoms with Crippen molar-refractivity contribution in [3.05, 3.63) is 80.5 Å². The molecule has 0 spiro atoms. The Labute approximate surface area is 170 Å². The Bertz CT molecular complexity index is 1120. The van der Waals surface area contributed by atoms with Gasteiger partial charge in [0, 0.05) is 0 Å². The highest BCUT2D eigenvalue weighted by Gasteiger charge is 2.23. The number of carbonyl (C=O) groups excluding carboxylic acids is 1. The van der Waals surface area contributed by atoms with E-state index in [1.54, 1.807) is 28.4 Å². The number of rotatable bonds is 4. The van der Waals surface area contributed by atoms with E-state index in [4.69, 9.17) is 16.6 Å². The number of nitrogens with zero attached hydrogens (tertiary/aromatic N) is 2. The number of aryl methyl sites for hydroxylation is 2. The van der Waals surface area contributed by atoms with Crippen LogP contribution in [-0.4, -0.2) is 10.9 Å². The van der Waals surface area contributed by atoms with E-state index in [0.717, 1.165) is 21.3 Å². The summed E-state index contributed by atoms with van der Waals surface area (Å²) in [6, 6.07) is 17.7. The number of thiophene rings is 1. The zero-order valence-corrected chi connectivity index (χ0v) is 17.3. The number of halogens is 1. The van der Waals surface area contributed by atoms with Crippen molar-refractivity contribution in [3.8, 4) is 0 Å². The van der Waals surface area contributed by atoms with Crippen molar-refractivity contribution in [2.75, 3.05) is 4.90 Å². The molecule has 6 heteroatoms. The smallest absolute Gasteiger partial charge is 0.270 e. The van der Waals surface area contributed by atoms with E-state index in [9.17, 15) is 4.79 Å². The molecule has 4 rings (SSSR count). The van der Waals surface area contributed by atoms with Crippen LogP contribution in [0.5, 0.6) is 0 Å². The van der Waals surface area contributed by atoms with E-state index < -0.39 is 0 Å². The summed E-state index contributed by atoms with van der Waals surface area (Å²) < 4.78 is 1.70. The number of benzene rings is 2. The van der Waals surface area contributed by atoms with Crippen LogP contribution in [0.15, 0.2) is 54.6 Å². The molecule has 1 amide bonds. The Morgan fingerprint density at radius 2 is 1.85 bits per heavy atom. The van der Waals surface area contributed by atoms with Crippen LogP contribution in [0.1, 0.15) is 26.4 Å². The second-order valence-electron chi connectivity index (χ2n) is 6.41. The molecule has 27 heavy (non-hydrogen) atoms. The maximum absolute atomic E-state index is 13.2. The molecule has 2 aromatic heterocycles. The molecule has 2 heterocycles. The van der Waals surface area contributed by atoms with Crippen LogP contribution in [0.2, 0.25) is 4.34 Å². The molecule has 4 aromatic rings. The van der Waals surface area contributed by atoms with Gasteiger partial charge in [0.2, 0.25) is 0 Å². The Morgan fingerprint density at radius 3 is 2.56 bits per heavy atom. The van der Waals surface area contributed by atoms with E-state index in [0.29, 0.717) is 20.9 Å². The predicted molar refractivity (Wildman–Crippen MR) is 115 cm³/mol. The zero-order chi connectivity index (χ0) is 19.0. The third-order valence-electron chi connectivity index (χ3n) is 4.26. The van der Waals surface area contributed by atoms with Gasteiger partial charge in [-0.3, -0.25) is 9.69 Å². The Morgan fingerprint density at radius 1 is 1.07 bits per heavy atom. The Hall–Kier alpha value is -2.21. The third kappa shape index (κ3) is 3.76. The van der Waals surface area contributed by atoms with Crippen LogP contribution in [0.3, 0.4) is 0 Å². The van der Waals surface area contributed by atoms with Gasteiger partial charge in [-0.2, -0.15) is 0 Å². The third-order valence-corrected chi connectivity index (χ3v) is 6.51. The number of carbonyl (C=O) groups is 1. The van der Waals surface area contributed by atoms with Crippen LogP contribution >= 0.6 is 34.3 Å². The number of fused-ring (bicyclic) bond motifs is 1. The number of amides is 1. The predicted octanol–water partition coefficient (Wildman–Crippen LogP) is 6.48. The maximum atomic E-state index is 13.2. The molecule has 0 aliphatic heterocycles. The molecule has 0 fully saturated rings. The number of anilines is 1. The van der Waals surface area contributed by atoms with Gasteiger partial charge < -0.3 is 0 Å². The molecule has 0 atom stereocenters. The molecule has 0 bridgehead atoms. The first-order valence-electron chi connectivity index (χ1n) is 8.50. The lowest BCUT2D eigenvalue weighted by Crippen LogP contribution is -2.29. The van der Waals surface area contributed by atoms with Gasteiger partial charge in [0.1, 0.15) is 0 Å². The van der Waals surface area contributed by atoms with Crippen molar-refractivity contribution in [1.29, 1.82) is 0 Å². The van der Waals surface area contributed by atoms with Crippen molar-refractivity contribution in [2.24, 2.45) is 0 Å². The van der Waals surface area contributed by atoms with Gasteiger partial charge in [0.05, 0.1) is 26.0 Å². The van der Waals surface area contributed by atoms with Gasteiger partial charge in [-0.15, -0.1) is 11.3 Å². The summed E-state index contributed by atoms with van der Waals surface area (Å²) >= 11 is 8.89. The van der Waals surface area contributed by atoms with Gasteiger partial charge in [0.15, 0.2) is 5.13 Å². The molecule has 0 unspecified atom stereocenters. The molecule has 0 radical (unpaired) electrons. The van der Waals surface area contributed by atoms with Crippen molar-refractivity contribution in [2.45, 2.75) is 20.4 Å². The molecule has 0 saturated carbocycles. The van der Waals surface area contributed by atoms with Gasteiger partial charge in [-0.1, -0.05) is 59.3 Å². The van der Waals surface area contributed by atoms with Crippen molar-refractivity contribution >= 4 is 55.5 Å². The fraction of sp³-hybridized carbons (Fsp3) is 0.143. The van der Waals surface area contributed by atoms with Crippen LogP contribution < -0.4 is 4.90 Å². The number of hydrogen-bond donors (Lipinski definition) is 0. The summed E-state index contributed by atoms with van der Waals surface area (Å²) in [5.74, 6) is -0.0795. The first-order chi connectivity index (χ1) is 13.0. The lowest BCUT2D eigenvalue weighted by molar-refractivity contribution is 0.0989. The van der Waals surface area contributed by atoms with E-state index in [1.165, 1.54) is 16.9 Å². The number of hydrogen-bond acceptors (Lipinski definition) is 4. The summed E-state index contributed by atoms with van der Waals surface area (Å²) in [5.41, 5.74) is 4.33. The molecular weight excluding hydrogens is 396 g/mol. The largest absolute Gasteiger partial charge is 0.279 e. The average Bonchev–Trinajstić information content (AvgIpc) is 3.26. The zero-order valence-electron chi connectivity index (χ0n) is 14.9.